The summed E-state index contributed by atoms with van der Waals surface area (Å²) in [4.78, 5) is 0. The van der Waals surface area contributed by atoms with Gasteiger partial charge in [0.15, 0.2) is 0 Å². The van der Waals surface area contributed by atoms with Gasteiger partial charge in [-0.2, -0.15) is 0 Å². The lowest BCUT2D eigenvalue weighted by atomic mass is 10.1. The number of ether oxygens (including phenoxy) is 1. The van der Waals surface area contributed by atoms with Crippen LogP contribution in [0.2, 0.25) is 0 Å². The lowest BCUT2D eigenvalue weighted by Crippen LogP contribution is -2.00. The number of anilines is 1. The van der Waals surface area contributed by atoms with Crippen molar-refractivity contribution in [2.24, 2.45) is 0 Å². The zero-order chi connectivity index (χ0) is 15.2. The Hall–Kier alpha value is -2.74. The molecule has 0 saturated heterocycles. The summed E-state index contributed by atoms with van der Waals surface area (Å²) >= 11 is 0. The summed E-state index contributed by atoms with van der Waals surface area (Å²) in [6, 6.07) is 26.7. The van der Waals surface area contributed by atoms with Gasteiger partial charge in [0.25, 0.3) is 0 Å². The quantitative estimate of drug-likeness (QED) is 0.715. The molecular formula is C20H19NO. The van der Waals surface area contributed by atoms with Crippen LogP contribution in [-0.4, -0.2) is 7.05 Å². The minimum Gasteiger partial charge on any atom is -0.489 e. The van der Waals surface area contributed by atoms with Crippen LogP contribution in [0.4, 0.5) is 5.69 Å². The largest absolute Gasteiger partial charge is 0.489 e. The zero-order valence-corrected chi connectivity index (χ0v) is 12.6. The lowest BCUT2D eigenvalue weighted by molar-refractivity contribution is 0.307. The van der Waals surface area contributed by atoms with E-state index in [1.54, 1.807) is 0 Å². The molecule has 0 unspecified atom stereocenters. The number of nitrogens with one attached hydrogen (secondary N) is 1. The fourth-order valence-electron chi connectivity index (χ4n) is 2.45. The van der Waals surface area contributed by atoms with Crippen molar-refractivity contribution in [1.29, 1.82) is 0 Å². The first kappa shape index (κ1) is 14.2. The van der Waals surface area contributed by atoms with Gasteiger partial charge in [-0.15, -0.1) is 0 Å². The summed E-state index contributed by atoms with van der Waals surface area (Å²) in [5.74, 6) is 0.882. The summed E-state index contributed by atoms with van der Waals surface area (Å²) < 4.78 is 5.96. The van der Waals surface area contributed by atoms with Crippen molar-refractivity contribution < 1.29 is 4.74 Å². The Bertz CT molecular complexity index is 737. The van der Waals surface area contributed by atoms with Crippen molar-refractivity contribution in [3.63, 3.8) is 0 Å². The first-order valence-corrected chi connectivity index (χ1v) is 7.41. The molecule has 0 bridgehead atoms. The third-order valence-corrected chi connectivity index (χ3v) is 3.62. The molecule has 1 N–H and O–H groups in total. The highest BCUT2D eigenvalue weighted by Gasteiger charge is 2.03. The fourth-order valence-corrected chi connectivity index (χ4v) is 2.45. The van der Waals surface area contributed by atoms with Crippen LogP contribution in [0, 0.1) is 0 Å². The van der Waals surface area contributed by atoms with E-state index in [-0.39, 0.29) is 0 Å². The van der Waals surface area contributed by atoms with E-state index in [1.165, 1.54) is 11.1 Å². The van der Waals surface area contributed by atoms with Crippen LogP contribution < -0.4 is 10.1 Å². The van der Waals surface area contributed by atoms with E-state index >= 15 is 0 Å². The Balaban J connectivity index is 1.76. The number of rotatable bonds is 5. The normalized spacial score (nSPS) is 10.2. The maximum absolute atomic E-state index is 5.96. The Morgan fingerprint density at radius 2 is 1.50 bits per heavy atom. The minimum atomic E-state index is 0.551. The van der Waals surface area contributed by atoms with Gasteiger partial charge >= 0.3 is 0 Å². The average molecular weight is 289 g/mol. The van der Waals surface area contributed by atoms with Crippen LogP contribution in [0.3, 0.4) is 0 Å². The van der Waals surface area contributed by atoms with Gasteiger partial charge in [-0.05, 0) is 29.3 Å². The van der Waals surface area contributed by atoms with E-state index in [0.29, 0.717) is 6.61 Å². The topological polar surface area (TPSA) is 21.3 Å². The van der Waals surface area contributed by atoms with Gasteiger partial charge < -0.3 is 10.1 Å². The van der Waals surface area contributed by atoms with Crippen molar-refractivity contribution >= 4 is 5.69 Å². The van der Waals surface area contributed by atoms with Gasteiger partial charge in [0.2, 0.25) is 0 Å². The first-order chi connectivity index (χ1) is 10.9. The van der Waals surface area contributed by atoms with Gasteiger partial charge in [-0.1, -0.05) is 60.7 Å². The molecule has 0 aromatic heterocycles. The molecule has 2 nitrogen and oxygen atoms in total. The molecule has 0 aliphatic carbocycles. The molecule has 0 spiro atoms. The molecule has 0 amide bonds. The molecule has 0 fully saturated rings. The van der Waals surface area contributed by atoms with Crippen LogP contribution in [0.25, 0.3) is 11.1 Å². The van der Waals surface area contributed by atoms with Crippen molar-refractivity contribution in [1.82, 2.24) is 0 Å². The second-order valence-electron chi connectivity index (χ2n) is 5.09. The molecule has 0 aliphatic heterocycles. The standard InChI is InChI=1S/C20H19NO/c1-21-20-13-6-5-10-18(20)15-22-19-12-7-11-17(14-19)16-8-3-2-4-9-16/h2-14,21H,15H2,1H3. The molecule has 3 aromatic rings. The summed E-state index contributed by atoms with van der Waals surface area (Å²) in [5.41, 5.74) is 4.61. The summed E-state index contributed by atoms with van der Waals surface area (Å²) in [6.45, 7) is 0.551. The highest BCUT2D eigenvalue weighted by atomic mass is 16.5. The molecule has 0 atom stereocenters. The number of benzene rings is 3. The second-order valence-corrected chi connectivity index (χ2v) is 5.09. The predicted molar refractivity (Wildman–Crippen MR) is 92.2 cm³/mol. The summed E-state index contributed by atoms with van der Waals surface area (Å²) in [6.07, 6.45) is 0. The highest BCUT2D eigenvalue weighted by molar-refractivity contribution is 5.64. The molecule has 0 heterocycles. The predicted octanol–water partition coefficient (Wildman–Crippen LogP) is 4.97. The van der Waals surface area contributed by atoms with Crippen molar-refractivity contribution in [2.75, 3.05) is 12.4 Å². The van der Waals surface area contributed by atoms with Gasteiger partial charge in [0, 0.05) is 18.3 Å². The van der Waals surface area contributed by atoms with Crippen LogP contribution in [-0.2, 0) is 6.61 Å². The fraction of sp³-hybridized carbons (Fsp3) is 0.100. The maximum Gasteiger partial charge on any atom is 0.120 e. The van der Waals surface area contributed by atoms with Crippen LogP contribution in [0.5, 0.6) is 5.75 Å². The Kier molecular flexibility index (Phi) is 4.40. The highest BCUT2D eigenvalue weighted by Crippen LogP contribution is 2.25. The molecule has 110 valence electrons. The van der Waals surface area contributed by atoms with Gasteiger partial charge in [-0.3, -0.25) is 0 Å². The molecular weight excluding hydrogens is 270 g/mol. The summed E-state index contributed by atoms with van der Waals surface area (Å²) in [5, 5.41) is 3.19. The lowest BCUT2D eigenvalue weighted by Gasteiger charge is -2.11. The molecule has 0 radical (unpaired) electrons. The van der Waals surface area contributed by atoms with E-state index in [2.05, 4.69) is 41.7 Å². The SMILES string of the molecule is CNc1ccccc1COc1cccc(-c2ccccc2)c1. The Labute approximate surface area is 131 Å². The van der Waals surface area contributed by atoms with E-state index in [0.717, 1.165) is 17.0 Å². The Morgan fingerprint density at radius 1 is 0.773 bits per heavy atom. The monoisotopic (exact) mass is 289 g/mol. The molecule has 3 aromatic carbocycles. The van der Waals surface area contributed by atoms with Crippen molar-refractivity contribution in [3.05, 3.63) is 84.4 Å². The van der Waals surface area contributed by atoms with Gasteiger partial charge in [-0.25, -0.2) is 0 Å². The molecule has 22 heavy (non-hydrogen) atoms. The van der Waals surface area contributed by atoms with Gasteiger partial charge in [0.1, 0.15) is 12.4 Å². The molecule has 0 saturated carbocycles. The minimum absolute atomic E-state index is 0.551. The van der Waals surface area contributed by atoms with Gasteiger partial charge in [0.05, 0.1) is 0 Å². The van der Waals surface area contributed by atoms with E-state index < -0.39 is 0 Å². The number of para-hydroxylation sites is 1. The van der Waals surface area contributed by atoms with Crippen molar-refractivity contribution in [3.8, 4) is 16.9 Å². The first-order valence-electron chi connectivity index (χ1n) is 7.41. The third-order valence-electron chi connectivity index (χ3n) is 3.62. The number of hydrogen-bond acceptors (Lipinski definition) is 2. The second kappa shape index (κ2) is 6.81. The molecule has 3 rings (SSSR count). The van der Waals surface area contributed by atoms with Crippen LogP contribution in [0.1, 0.15) is 5.56 Å². The van der Waals surface area contributed by atoms with Crippen molar-refractivity contribution in [2.45, 2.75) is 6.61 Å². The number of hydrogen-bond donors (Lipinski definition) is 1. The maximum atomic E-state index is 5.96. The van der Waals surface area contributed by atoms with E-state index in [4.69, 9.17) is 4.74 Å². The zero-order valence-electron chi connectivity index (χ0n) is 12.6. The van der Waals surface area contributed by atoms with E-state index in [1.807, 2.05) is 49.5 Å². The Morgan fingerprint density at radius 3 is 2.32 bits per heavy atom. The van der Waals surface area contributed by atoms with E-state index in [9.17, 15) is 0 Å². The molecule has 0 aliphatic rings. The van der Waals surface area contributed by atoms with Crippen LogP contribution >= 0.6 is 0 Å². The smallest absolute Gasteiger partial charge is 0.120 e. The van der Waals surface area contributed by atoms with Crippen LogP contribution in [0.15, 0.2) is 78.9 Å². The third kappa shape index (κ3) is 3.29. The summed E-state index contributed by atoms with van der Waals surface area (Å²) in [7, 11) is 1.93. The average Bonchev–Trinajstić information content (AvgIpc) is 2.61. The molecule has 2 heteroatoms.